The van der Waals surface area contributed by atoms with E-state index in [1.54, 1.807) is 4.31 Å². The fraction of sp³-hybridized carbons (Fsp3) is 0.625. The number of benzene rings is 1. The molecule has 0 spiro atoms. The number of nitrogens with one attached hydrogen (secondary N) is 1. The van der Waals surface area contributed by atoms with Crippen LogP contribution in [0.2, 0.25) is 0 Å². The summed E-state index contributed by atoms with van der Waals surface area (Å²) < 4.78 is 28.9. The van der Waals surface area contributed by atoms with E-state index in [2.05, 4.69) is 36.5 Å². The van der Waals surface area contributed by atoms with Crippen LogP contribution >= 0.6 is 12.4 Å². The zero-order chi connectivity index (χ0) is 16.2. The lowest BCUT2D eigenvalue weighted by Gasteiger charge is -2.38. The third kappa shape index (κ3) is 4.45. The zero-order valence-corrected chi connectivity index (χ0v) is 15.8. The van der Waals surface area contributed by atoms with E-state index in [4.69, 9.17) is 0 Å². The molecule has 0 aliphatic carbocycles. The van der Waals surface area contributed by atoms with Gasteiger partial charge in [0.15, 0.2) is 0 Å². The maximum atomic E-state index is 12.9. The summed E-state index contributed by atoms with van der Waals surface area (Å²) in [6.45, 7) is 8.76. The van der Waals surface area contributed by atoms with Gasteiger partial charge in [0, 0.05) is 32.7 Å². The van der Waals surface area contributed by atoms with Crippen molar-refractivity contribution in [3.63, 3.8) is 0 Å². The van der Waals surface area contributed by atoms with Crippen molar-refractivity contribution in [1.82, 2.24) is 13.9 Å². The molecule has 0 aromatic heterocycles. The number of halogens is 1. The molecule has 1 aromatic carbocycles. The molecule has 0 bridgehead atoms. The van der Waals surface area contributed by atoms with E-state index >= 15 is 0 Å². The largest absolute Gasteiger partial charge is 0.313 e. The van der Waals surface area contributed by atoms with Crippen LogP contribution in [0.25, 0.3) is 0 Å². The third-order valence-electron chi connectivity index (χ3n) is 4.30. The molecule has 0 saturated carbocycles. The number of hydrogen-bond donors (Lipinski definition) is 1. The molecule has 2 rings (SSSR count). The Morgan fingerprint density at radius 2 is 1.78 bits per heavy atom. The number of aryl methyl sites for hydroxylation is 1. The van der Waals surface area contributed by atoms with Crippen LogP contribution in [0.15, 0.2) is 24.3 Å². The first-order valence-electron chi connectivity index (χ1n) is 8.11. The zero-order valence-electron chi connectivity index (χ0n) is 14.2. The second kappa shape index (κ2) is 8.99. The van der Waals surface area contributed by atoms with Gasteiger partial charge in [-0.05, 0) is 17.5 Å². The average molecular weight is 362 g/mol. The van der Waals surface area contributed by atoms with E-state index in [9.17, 15) is 8.42 Å². The molecule has 1 aliphatic heterocycles. The van der Waals surface area contributed by atoms with Crippen molar-refractivity contribution >= 4 is 22.6 Å². The minimum atomic E-state index is -3.41. The predicted octanol–water partition coefficient (Wildman–Crippen LogP) is 2.20. The van der Waals surface area contributed by atoms with Gasteiger partial charge >= 0.3 is 0 Å². The van der Waals surface area contributed by atoms with Crippen molar-refractivity contribution in [2.45, 2.75) is 33.2 Å². The highest BCUT2D eigenvalue weighted by molar-refractivity contribution is 7.86. The molecule has 1 aliphatic rings. The molecular weight excluding hydrogens is 334 g/mol. The highest BCUT2D eigenvalue weighted by atomic mass is 35.5. The first-order valence-corrected chi connectivity index (χ1v) is 9.50. The maximum absolute atomic E-state index is 12.9. The summed E-state index contributed by atoms with van der Waals surface area (Å²) in [5.41, 5.74) is 2.32. The van der Waals surface area contributed by atoms with Crippen LogP contribution in [-0.4, -0.2) is 49.8 Å². The van der Waals surface area contributed by atoms with Crippen molar-refractivity contribution in [3.8, 4) is 0 Å². The molecule has 132 valence electrons. The van der Waals surface area contributed by atoms with Gasteiger partial charge in [-0.25, -0.2) is 0 Å². The van der Waals surface area contributed by atoms with E-state index in [-0.39, 0.29) is 18.4 Å². The van der Waals surface area contributed by atoms with E-state index in [1.807, 2.05) is 13.8 Å². The van der Waals surface area contributed by atoms with Crippen LogP contribution in [0.4, 0.5) is 0 Å². The third-order valence-corrected chi connectivity index (χ3v) is 6.49. The second-order valence-corrected chi connectivity index (χ2v) is 7.40. The standard InChI is InChI=1S/C16H27N3O2S.ClH/c1-4-14-7-9-15(10-8-14)16-13-17-11-12-19(16)22(20,21)18(5-2)6-3;/h7-10,16-17H,4-6,11-13H2,1-3H3;1H. The lowest BCUT2D eigenvalue weighted by molar-refractivity contribution is 0.249. The molecule has 1 heterocycles. The highest BCUT2D eigenvalue weighted by Crippen LogP contribution is 2.27. The molecule has 0 amide bonds. The fourth-order valence-electron chi connectivity index (χ4n) is 2.92. The summed E-state index contributed by atoms with van der Waals surface area (Å²) >= 11 is 0. The molecule has 5 nitrogen and oxygen atoms in total. The normalized spacial score (nSPS) is 19.6. The van der Waals surface area contributed by atoms with Crippen molar-refractivity contribution in [2.75, 3.05) is 32.7 Å². The summed E-state index contributed by atoms with van der Waals surface area (Å²) in [5.74, 6) is 0. The van der Waals surface area contributed by atoms with Gasteiger partial charge in [0.25, 0.3) is 10.2 Å². The van der Waals surface area contributed by atoms with Crippen molar-refractivity contribution in [2.24, 2.45) is 0 Å². The van der Waals surface area contributed by atoms with Gasteiger partial charge in [0.2, 0.25) is 0 Å². The van der Waals surface area contributed by atoms with Crippen LogP contribution in [-0.2, 0) is 16.6 Å². The summed E-state index contributed by atoms with van der Waals surface area (Å²) in [6.07, 6.45) is 0.991. The monoisotopic (exact) mass is 361 g/mol. The van der Waals surface area contributed by atoms with E-state index in [0.29, 0.717) is 32.7 Å². The van der Waals surface area contributed by atoms with Crippen LogP contribution in [0.1, 0.15) is 37.9 Å². The summed E-state index contributed by atoms with van der Waals surface area (Å²) in [7, 11) is -3.41. The molecule has 23 heavy (non-hydrogen) atoms. The number of piperazine rings is 1. The van der Waals surface area contributed by atoms with Gasteiger partial charge < -0.3 is 5.32 Å². The Bertz CT molecular complexity index is 573. The van der Waals surface area contributed by atoms with E-state index in [0.717, 1.165) is 12.0 Å². The number of hydrogen-bond acceptors (Lipinski definition) is 3. The lowest BCUT2D eigenvalue weighted by atomic mass is 10.0. The maximum Gasteiger partial charge on any atom is 0.282 e. The quantitative estimate of drug-likeness (QED) is 0.845. The predicted molar refractivity (Wildman–Crippen MR) is 97.2 cm³/mol. The highest BCUT2D eigenvalue weighted by Gasteiger charge is 2.36. The lowest BCUT2D eigenvalue weighted by Crippen LogP contribution is -2.53. The molecule has 1 unspecified atom stereocenters. The van der Waals surface area contributed by atoms with E-state index < -0.39 is 10.2 Å². The summed E-state index contributed by atoms with van der Waals surface area (Å²) in [4.78, 5) is 0. The summed E-state index contributed by atoms with van der Waals surface area (Å²) in [5, 5.41) is 3.31. The SMILES string of the molecule is CCc1ccc(C2CNCCN2S(=O)(=O)N(CC)CC)cc1.Cl. The second-order valence-electron chi connectivity index (χ2n) is 5.52. The van der Waals surface area contributed by atoms with Gasteiger partial charge in [-0.3, -0.25) is 0 Å². The van der Waals surface area contributed by atoms with Gasteiger partial charge in [-0.1, -0.05) is 45.0 Å². The Hall–Kier alpha value is -0.660. The number of nitrogens with zero attached hydrogens (tertiary/aromatic N) is 2. The number of rotatable bonds is 6. The van der Waals surface area contributed by atoms with Gasteiger partial charge in [-0.15, -0.1) is 12.4 Å². The van der Waals surface area contributed by atoms with Gasteiger partial charge in [0.05, 0.1) is 6.04 Å². The molecule has 1 fully saturated rings. The van der Waals surface area contributed by atoms with Crippen LogP contribution in [0.5, 0.6) is 0 Å². The van der Waals surface area contributed by atoms with E-state index in [1.165, 1.54) is 9.87 Å². The average Bonchev–Trinajstić information content (AvgIpc) is 2.56. The van der Waals surface area contributed by atoms with Crippen molar-refractivity contribution in [3.05, 3.63) is 35.4 Å². The molecular formula is C16H28ClN3O2S. The smallest absolute Gasteiger partial charge is 0.282 e. The minimum Gasteiger partial charge on any atom is -0.313 e. The Morgan fingerprint density at radius 3 is 2.30 bits per heavy atom. The molecule has 1 saturated heterocycles. The first kappa shape index (κ1) is 20.4. The molecule has 1 N–H and O–H groups in total. The minimum absolute atomic E-state index is 0. The molecule has 1 atom stereocenters. The fourth-order valence-corrected chi connectivity index (χ4v) is 4.71. The summed E-state index contributed by atoms with van der Waals surface area (Å²) in [6, 6.07) is 8.16. The van der Waals surface area contributed by atoms with Crippen LogP contribution in [0, 0.1) is 0 Å². The van der Waals surface area contributed by atoms with Crippen LogP contribution in [0.3, 0.4) is 0 Å². The molecule has 1 aromatic rings. The molecule has 0 radical (unpaired) electrons. The van der Waals surface area contributed by atoms with Crippen molar-refractivity contribution in [1.29, 1.82) is 0 Å². The van der Waals surface area contributed by atoms with Gasteiger partial charge in [0.1, 0.15) is 0 Å². The van der Waals surface area contributed by atoms with Gasteiger partial charge in [-0.2, -0.15) is 17.0 Å². The Labute approximate surface area is 146 Å². The Balaban J connectivity index is 0.00000264. The Kier molecular flexibility index (Phi) is 7.97. The van der Waals surface area contributed by atoms with Crippen molar-refractivity contribution < 1.29 is 8.42 Å². The molecule has 7 heteroatoms. The van der Waals surface area contributed by atoms with Crippen LogP contribution < -0.4 is 5.32 Å². The topological polar surface area (TPSA) is 52.7 Å². The Morgan fingerprint density at radius 1 is 1.17 bits per heavy atom. The first-order chi connectivity index (χ1) is 10.5.